The van der Waals surface area contributed by atoms with Crippen LogP contribution in [0.15, 0.2) is 30.3 Å². The zero-order valence-corrected chi connectivity index (χ0v) is 8.25. The fourth-order valence-corrected chi connectivity index (χ4v) is 1.51. The van der Waals surface area contributed by atoms with Crippen molar-refractivity contribution in [1.82, 2.24) is 10.2 Å². The highest BCUT2D eigenvalue weighted by Crippen LogP contribution is 2.25. The molecule has 1 aromatic carbocycles. The van der Waals surface area contributed by atoms with Gasteiger partial charge in [0.1, 0.15) is 0 Å². The van der Waals surface area contributed by atoms with E-state index in [2.05, 4.69) is 10.2 Å². The zero-order chi connectivity index (χ0) is 9.97. The Labute approximate surface area is 86.9 Å². The van der Waals surface area contributed by atoms with Gasteiger partial charge in [0.2, 0.25) is 0 Å². The van der Waals surface area contributed by atoms with E-state index in [9.17, 15) is 0 Å². The van der Waals surface area contributed by atoms with Crippen LogP contribution in [0.5, 0.6) is 0 Å². The van der Waals surface area contributed by atoms with Gasteiger partial charge in [-0.05, 0) is 12.1 Å². The summed E-state index contributed by atoms with van der Waals surface area (Å²) in [5, 5.41) is 7.67. The third-order valence-electron chi connectivity index (χ3n) is 2.00. The number of aromatic amines is 1. The lowest BCUT2D eigenvalue weighted by Crippen LogP contribution is -1.95. The van der Waals surface area contributed by atoms with Crippen LogP contribution in [0.25, 0.3) is 11.3 Å². The summed E-state index contributed by atoms with van der Waals surface area (Å²) in [6.45, 7) is 0.456. The molecule has 0 aliphatic heterocycles. The molecule has 0 aliphatic carbocycles. The maximum Gasteiger partial charge on any atom is 0.0939 e. The van der Waals surface area contributed by atoms with Crippen molar-refractivity contribution in [2.24, 2.45) is 5.73 Å². The number of halogens is 1. The smallest absolute Gasteiger partial charge is 0.0939 e. The lowest BCUT2D eigenvalue weighted by atomic mass is 10.1. The van der Waals surface area contributed by atoms with Crippen LogP contribution in [0.2, 0.25) is 5.02 Å². The van der Waals surface area contributed by atoms with Gasteiger partial charge in [0, 0.05) is 17.8 Å². The third kappa shape index (κ3) is 1.64. The van der Waals surface area contributed by atoms with E-state index in [-0.39, 0.29) is 0 Å². The molecule has 0 bridgehead atoms. The molecule has 72 valence electrons. The summed E-state index contributed by atoms with van der Waals surface area (Å²) >= 11 is 6.03. The normalized spacial score (nSPS) is 10.4. The number of aromatic nitrogens is 2. The van der Waals surface area contributed by atoms with Gasteiger partial charge in [-0.2, -0.15) is 5.10 Å². The van der Waals surface area contributed by atoms with Crippen LogP contribution in [-0.2, 0) is 6.54 Å². The Bertz CT molecular complexity index is 436. The van der Waals surface area contributed by atoms with E-state index in [1.807, 2.05) is 30.3 Å². The second-order valence-electron chi connectivity index (χ2n) is 2.96. The van der Waals surface area contributed by atoms with Gasteiger partial charge in [-0.3, -0.25) is 5.10 Å². The molecule has 2 rings (SSSR count). The van der Waals surface area contributed by atoms with Crippen LogP contribution in [0, 0.1) is 0 Å². The maximum absolute atomic E-state index is 6.03. The number of hydrogen-bond donors (Lipinski definition) is 2. The minimum Gasteiger partial charge on any atom is -0.325 e. The summed E-state index contributed by atoms with van der Waals surface area (Å²) in [6, 6.07) is 9.49. The van der Waals surface area contributed by atoms with E-state index in [0.717, 1.165) is 17.0 Å². The van der Waals surface area contributed by atoms with Crippen LogP contribution >= 0.6 is 11.6 Å². The first-order valence-electron chi connectivity index (χ1n) is 4.30. The molecular weight excluding hydrogens is 198 g/mol. The van der Waals surface area contributed by atoms with Gasteiger partial charge in [0.05, 0.1) is 10.7 Å². The lowest BCUT2D eigenvalue weighted by molar-refractivity contribution is 0.948. The molecule has 3 N–H and O–H groups in total. The first kappa shape index (κ1) is 9.24. The largest absolute Gasteiger partial charge is 0.325 e. The molecule has 3 nitrogen and oxygen atoms in total. The quantitative estimate of drug-likeness (QED) is 0.793. The average Bonchev–Trinajstić information content (AvgIpc) is 2.67. The lowest BCUT2D eigenvalue weighted by Gasteiger charge is -1.97. The Morgan fingerprint density at radius 2 is 2.14 bits per heavy atom. The molecule has 0 radical (unpaired) electrons. The maximum atomic E-state index is 6.03. The van der Waals surface area contributed by atoms with E-state index >= 15 is 0 Å². The molecule has 0 aliphatic rings. The molecule has 1 aromatic heterocycles. The van der Waals surface area contributed by atoms with Crippen LogP contribution in [0.1, 0.15) is 5.69 Å². The van der Waals surface area contributed by atoms with Gasteiger partial charge in [-0.25, -0.2) is 0 Å². The number of nitrogens with one attached hydrogen (secondary N) is 1. The summed E-state index contributed by atoms with van der Waals surface area (Å²) < 4.78 is 0. The van der Waals surface area contributed by atoms with Crippen molar-refractivity contribution in [2.75, 3.05) is 0 Å². The van der Waals surface area contributed by atoms with E-state index < -0.39 is 0 Å². The van der Waals surface area contributed by atoms with Crippen LogP contribution in [0.3, 0.4) is 0 Å². The number of H-pyrrole nitrogens is 1. The van der Waals surface area contributed by atoms with Crippen molar-refractivity contribution in [2.45, 2.75) is 6.54 Å². The van der Waals surface area contributed by atoms with Gasteiger partial charge < -0.3 is 5.73 Å². The minimum atomic E-state index is 0.456. The van der Waals surface area contributed by atoms with Gasteiger partial charge in [-0.1, -0.05) is 29.8 Å². The average molecular weight is 208 g/mol. The predicted molar refractivity (Wildman–Crippen MR) is 56.9 cm³/mol. The summed E-state index contributed by atoms with van der Waals surface area (Å²) in [5.41, 5.74) is 8.13. The van der Waals surface area contributed by atoms with Crippen LogP contribution in [-0.4, -0.2) is 10.2 Å². The van der Waals surface area contributed by atoms with Crippen molar-refractivity contribution < 1.29 is 0 Å². The summed E-state index contributed by atoms with van der Waals surface area (Å²) in [7, 11) is 0. The Hall–Kier alpha value is -1.32. The molecule has 0 atom stereocenters. The van der Waals surface area contributed by atoms with E-state index in [0.29, 0.717) is 11.6 Å². The first-order chi connectivity index (χ1) is 6.81. The van der Waals surface area contributed by atoms with Crippen molar-refractivity contribution >= 4 is 11.6 Å². The van der Waals surface area contributed by atoms with Crippen molar-refractivity contribution in [3.8, 4) is 11.3 Å². The highest BCUT2D eigenvalue weighted by atomic mass is 35.5. The molecule has 0 saturated carbocycles. The number of rotatable bonds is 2. The van der Waals surface area contributed by atoms with E-state index in [4.69, 9.17) is 17.3 Å². The SMILES string of the molecule is NCc1cc(-c2ccccc2Cl)n[nH]1. The Morgan fingerprint density at radius 1 is 1.36 bits per heavy atom. The molecular formula is C10H10ClN3. The Kier molecular flexibility index (Phi) is 2.52. The monoisotopic (exact) mass is 207 g/mol. The molecule has 14 heavy (non-hydrogen) atoms. The minimum absolute atomic E-state index is 0.456. The molecule has 0 spiro atoms. The molecule has 0 saturated heterocycles. The number of hydrogen-bond acceptors (Lipinski definition) is 2. The molecule has 4 heteroatoms. The van der Waals surface area contributed by atoms with Crippen LogP contribution < -0.4 is 5.73 Å². The van der Waals surface area contributed by atoms with Gasteiger partial charge in [0.15, 0.2) is 0 Å². The third-order valence-corrected chi connectivity index (χ3v) is 2.33. The fourth-order valence-electron chi connectivity index (χ4n) is 1.27. The highest BCUT2D eigenvalue weighted by Gasteiger charge is 2.05. The van der Waals surface area contributed by atoms with Crippen molar-refractivity contribution in [3.63, 3.8) is 0 Å². The Morgan fingerprint density at radius 3 is 2.79 bits per heavy atom. The second kappa shape index (κ2) is 3.82. The van der Waals surface area contributed by atoms with Gasteiger partial charge in [0.25, 0.3) is 0 Å². The topological polar surface area (TPSA) is 54.7 Å². The Balaban J connectivity index is 2.44. The fraction of sp³-hybridized carbons (Fsp3) is 0.100. The number of benzene rings is 1. The number of nitrogens with zero attached hydrogens (tertiary/aromatic N) is 1. The van der Waals surface area contributed by atoms with Gasteiger partial charge >= 0.3 is 0 Å². The molecule has 0 unspecified atom stereocenters. The standard InChI is InChI=1S/C10H10ClN3/c11-9-4-2-1-3-8(9)10-5-7(6-12)13-14-10/h1-5H,6,12H2,(H,13,14). The first-order valence-corrected chi connectivity index (χ1v) is 4.68. The van der Waals surface area contributed by atoms with E-state index in [1.54, 1.807) is 0 Å². The summed E-state index contributed by atoms with van der Waals surface area (Å²) in [6.07, 6.45) is 0. The molecule has 0 amide bonds. The molecule has 2 aromatic rings. The molecule has 1 heterocycles. The highest BCUT2D eigenvalue weighted by molar-refractivity contribution is 6.33. The van der Waals surface area contributed by atoms with Crippen molar-refractivity contribution in [1.29, 1.82) is 0 Å². The number of nitrogens with two attached hydrogens (primary N) is 1. The predicted octanol–water partition coefficient (Wildman–Crippen LogP) is 2.19. The molecule has 0 fully saturated rings. The second-order valence-corrected chi connectivity index (χ2v) is 3.37. The summed E-state index contributed by atoms with van der Waals surface area (Å²) in [5.74, 6) is 0. The zero-order valence-electron chi connectivity index (χ0n) is 7.50. The van der Waals surface area contributed by atoms with Crippen molar-refractivity contribution in [3.05, 3.63) is 41.0 Å². The summed E-state index contributed by atoms with van der Waals surface area (Å²) in [4.78, 5) is 0. The van der Waals surface area contributed by atoms with Gasteiger partial charge in [-0.15, -0.1) is 0 Å². The van der Waals surface area contributed by atoms with Crippen LogP contribution in [0.4, 0.5) is 0 Å². The van der Waals surface area contributed by atoms with E-state index in [1.165, 1.54) is 0 Å².